The van der Waals surface area contributed by atoms with E-state index in [2.05, 4.69) is 58.5 Å². The van der Waals surface area contributed by atoms with E-state index >= 15 is 0 Å². The largest absolute Gasteiger partial charge is 0.354 e. The van der Waals surface area contributed by atoms with Gasteiger partial charge < -0.3 is 10.2 Å². The number of fused-ring (bicyclic) bond motifs is 1. The van der Waals surface area contributed by atoms with Gasteiger partial charge in [0.2, 0.25) is 0 Å². The molecule has 0 atom stereocenters. The molecule has 1 aromatic heterocycles. The van der Waals surface area contributed by atoms with Crippen LogP contribution in [0.3, 0.4) is 0 Å². The second-order valence-electron chi connectivity index (χ2n) is 6.31. The summed E-state index contributed by atoms with van der Waals surface area (Å²) in [5.74, 6) is 0.976. The van der Waals surface area contributed by atoms with Crippen LogP contribution in [0.5, 0.6) is 0 Å². The summed E-state index contributed by atoms with van der Waals surface area (Å²) in [4.78, 5) is 11.7. The number of hydrogen-bond donors (Lipinski definition) is 1. The smallest absolute Gasteiger partial charge is 0.147 e. The Balaban J connectivity index is 1.74. The number of aryl methyl sites for hydroxylation is 1. The summed E-state index contributed by atoms with van der Waals surface area (Å²) < 4.78 is 0. The Bertz CT molecular complexity index is 851. The molecule has 4 nitrogen and oxygen atoms in total. The Labute approximate surface area is 142 Å². The fourth-order valence-corrected chi connectivity index (χ4v) is 3.42. The van der Waals surface area contributed by atoms with Gasteiger partial charge in [0.25, 0.3) is 0 Å². The van der Waals surface area contributed by atoms with E-state index in [1.54, 1.807) is 0 Å². The fraction of sp³-hybridized carbons (Fsp3) is 0.300. The van der Waals surface area contributed by atoms with Gasteiger partial charge in [-0.3, -0.25) is 4.98 Å². The van der Waals surface area contributed by atoms with Crippen molar-refractivity contribution in [2.75, 3.05) is 31.1 Å². The molecule has 1 fully saturated rings. The minimum atomic E-state index is 0.952. The lowest BCUT2D eigenvalue weighted by Gasteiger charge is -2.21. The second-order valence-corrected chi connectivity index (χ2v) is 6.31. The molecule has 122 valence electrons. The zero-order chi connectivity index (χ0) is 16.4. The summed E-state index contributed by atoms with van der Waals surface area (Å²) in [6.07, 6.45) is 4.89. The molecule has 1 N–H and O–H groups in total. The van der Waals surface area contributed by atoms with Crippen molar-refractivity contribution in [2.24, 2.45) is 0 Å². The van der Waals surface area contributed by atoms with E-state index in [-0.39, 0.29) is 0 Å². The van der Waals surface area contributed by atoms with E-state index in [0.717, 1.165) is 49.7 Å². The highest BCUT2D eigenvalue weighted by molar-refractivity contribution is 5.91. The average Bonchev–Trinajstić information content (AvgIpc) is 2.92. The van der Waals surface area contributed by atoms with Crippen molar-refractivity contribution in [2.45, 2.75) is 13.3 Å². The van der Waals surface area contributed by atoms with Crippen molar-refractivity contribution in [3.8, 4) is 11.3 Å². The molecule has 0 spiro atoms. The highest BCUT2D eigenvalue weighted by atomic mass is 15.2. The molecule has 2 aromatic carbocycles. The first-order chi connectivity index (χ1) is 11.8. The third kappa shape index (κ3) is 2.85. The van der Waals surface area contributed by atoms with Gasteiger partial charge in [-0.05, 0) is 36.2 Å². The number of nitrogens with zero attached hydrogens (tertiary/aromatic N) is 3. The third-order valence-electron chi connectivity index (χ3n) is 4.76. The van der Waals surface area contributed by atoms with Crippen LogP contribution in [-0.4, -0.2) is 36.1 Å². The monoisotopic (exact) mass is 318 g/mol. The van der Waals surface area contributed by atoms with E-state index in [4.69, 9.17) is 4.98 Å². The fourth-order valence-electron chi connectivity index (χ4n) is 3.42. The van der Waals surface area contributed by atoms with Crippen molar-refractivity contribution < 1.29 is 0 Å². The van der Waals surface area contributed by atoms with Gasteiger partial charge in [-0.25, -0.2) is 4.98 Å². The first-order valence-corrected chi connectivity index (χ1v) is 8.59. The van der Waals surface area contributed by atoms with E-state index < -0.39 is 0 Å². The Morgan fingerprint density at radius 1 is 1.00 bits per heavy atom. The molecule has 0 radical (unpaired) electrons. The van der Waals surface area contributed by atoms with Crippen LogP contribution in [0.25, 0.3) is 22.0 Å². The molecule has 3 aromatic rings. The highest BCUT2D eigenvalue weighted by Gasteiger charge is 2.13. The normalized spacial score (nSPS) is 15.5. The molecule has 24 heavy (non-hydrogen) atoms. The SMILES string of the molecule is Cc1c(-c2cncc(N3CCCNCC3)n2)ccc2ccccc12. The van der Waals surface area contributed by atoms with E-state index in [1.165, 1.54) is 16.3 Å². The molecule has 0 amide bonds. The Morgan fingerprint density at radius 3 is 2.88 bits per heavy atom. The topological polar surface area (TPSA) is 41.1 Å². The zero-order valence-electron chi connectivity index (χ0n) is 14.0. The first-order valence-electron chi connectivity index (χ1n) is 8.59. The standard InChI is InChI=1S/C20H22N4/c1-15-17-6-3-2-5-16(17)7-8-18(15)19-13-22-14-20(23-19)24-11-4-9-21-10-12-24/h2-3,5-8,13-14,21H,4,9-12H2,1H3. The summed E-state index contributed by atoms with van der Waals surface area (Å²) in [7, 11) is 0. The number of anilines is 1. The molecule has 0 unspecified atom stereocenters. The van der Waals surface area contributed by atoms with Gasteiger partial charge in [0.1, 0.15) is 5.82 Å². The quantitative estimate of drug-likeness (QED) is 0.786. The van der Waals surface area contributed by atoms with Gasteiger partial charge >= 0.3 is 0 Å². The zero-order valence-corrected chi connectivity index (χ0v) is 14.0. The summed E-state index contributed by atoms with van der Waals surface area (Å²) in [6.45, 7) is 6.26. The molecule has 4 rings (SSSR count). The summed E-state index contributed by atoms with van der Waals surface area (Å²) in [6, 6.07) is 12.8. The maximum absolute atomic E-state index is 4.91. The van der Waals surface area contributed by atoms with Gasteiger partial charge in [0.05, 0.1) is 18.1 Å². The van der Waals surface area contributed by atoms with Crippen molar-refractivity contribution >= 4 is 16.6 Å². The third-order valence-corrected chi connectivity index (χ3v) is 4.76. The lowest BCUT2D eigenvalue weighted by molar-refractivity contribution is 0.724. The second kappa shape index (κ2) is 6.57. The minimum Gasteiger partial charge on any atom is -0.354 e. The molecule has 0 bridgehead atoms. The van der Waals surface area contributed by atoms with Crippen LogP contribution in [0.15, 0.2) is 48.8 Å². The molecule has 4 heteroatoms. The Kier molecular flexibility index (Phi) is 4.13. The molecule has 2 heterocycles. The first kappa shape index (κ1) is 15.1. The molecule has 1 aliphatic heterocycles. The Hall–Kier alpha value is -2.46. The lowest BCUT2D eigenvalue weighted by Crippen LogP contribution is -2.28. The number of hydrogen-bond acceptors (Lipinski definition) is 4. The molecular formula is C20H22N4. The van der Waals surface area contributed by atoms with Gasteiger partial charge in [-0.15, -0.1) is 0 Å². The van der Waals surface area contributed by atoms with Crippen molar-refractivity contribution in [1.82, 2.24) is 15.3 Å². The number of rotatable bonds is 2. The molecule has 1 aliphatic rings. The van der Waals surface area contributed by atoms with Crippen LogP contribution in [0.4, 0.5) is 5.82 Å². The summed E-state index contributed by atoms with van der Waals surface area (Å²) in [5.41, 5.74) is 3.38. The maximum atomic E-state index is 4.91. The number of benzene rings is 2. The van der Waals surface area contributed by atoms with Crippen LogP contribution in [-0.2, 0) is 0 Å². The number of nitrogens with one attached hydrogen (secondary N) is 1. The van der Waals surface area contributed by atoms with Crippen molar-refractivity contribution in [3.05, 3.63) is 54.4 Å². The molecule has 0 aliphatic carbocycles. The van der Waals surface area contributed by atoms with Gasteiger partial charge in [-0.1, -0.05) is 36.4 Å². The van der Waals surface area contributed by atoms with Gasteiger partial charge in [0, 0.05) is 25.2 Å². The molecule has 0 saturated carbocycles. The van der Waals surface area contributed by atoms with Gasteiger partial charge in [0.15, 0.2) is 0 Å². The molecule has 1 saturated heterocycles. The maximum Gasteiger partial charge on any atom is 0.147 e. The van der Waals surface area contributed by atoms with E-state index in [0.29, 0.717) is 0 Å². The van der Waals surface area contributed by atoms with E-state index in [9.17, 15) is 0 Å². The minimum absolute atomic E-state index is 0.952. The lowest BCUT2D eigenvalue weighted by atomic mass is 9.98. The summed E-state index contributed by atoms with van der Waals surface area (Å²) in [5, 5.41) is 5.98. The van der Waals surface area contributed by atoms with Crippen LogP contribution >= 0.6 is 0 Å². The average molecular weight is 318 g/mol. The van der Waals surface area contributed by atoms with E-state index in [1.807, 2.05) is 12.4 Å². The van der Waals surface area contributed by atoms with Crippen molar-refractivity contribution in [3.63, 3.8) is 0 Å². The van der Waals surface area contributed by atoms with Crippen LogP contribution in [0, 0.1) is 6.92 Å². The van der Waals surface area contributed by atoms with Crippen LogP contribution in [0.1, 0.15) is 12.0 Å². The molecular weight excluding hydrogens is 296 g/mol. The number of aromatic nitrogens is 2. The predicted octanol–water partition coefficient (Wildman–Crippen LogP) is 3.40. The summed E-state index contributed by atoms with van der Waals surface area (Å²) >= 11 is 0. The van der Waals surface area contributed by atoms with Crippen molar-refractivity contribution in [1.29, 1.82) is 0 Å². The van der Waals surface area contributed by atoms with Gasteiger partial charge in [-0.2, -0.15) is 0 Å². The highest BCUT2D eigenvalue weighted by Crippen LogP contribution is 2.29. The van der Waals surface area contributed by atoms with Crippen LogP contribution in [0.2, 0.25) is 0 Å². The van der Waals surface area contributed by atoms with Crippen LogP contribution < -0.4 is 10.2 Å². The Morgan fingerprint density at radius 2 is 1.92 bits per heavy atom. The predicted molar refractivity (Wildman–Crippen MR) is 99.4 cm³/mol.